The Labute approximate surface area is 233 Å². The molecule has 40 heavy (non-hydrogen) atoms. The second-order valence-electron chi connectivity index (χ2n) is 8.54. The van der Waals surface area contributed by atoms with Gasteiger partial charge in [-0.1, -0.05) is 22.9 Å². The van der Waals surface area contributed by atoms with Gasteiger partial charge in [-0.3, -0.25) is 14.3 Å². The van der Waals surface area contributed by atoms with Crippen LogP contribution in [0.15, 0.2) is 73.7 Å². The molecule has 5 aromatic heterocycles. The Bertz CT molecular complexity index is 1760. The molecule has 5 heterocycles. The van der Waals surface area contributed by atoms with Crippen LogP contribution >= 0.6 is 23.2 Å². The summed E-state index contributed by atoms with van der Waals surface area (Å²) < 4.78 is 46.0. The summed E-state index contributed by atoms with van der Waals surface area (Å²) in [5.41, 5.74) is 2.41. The van der Waals surface area contributed by atoms with Crippen LogP contribution in [0.3, 0.4) is 0 Å². The van der Waals surface area contributed by atoms with Crippen molar-refractivity contribution in [3.63, 3.8) is 0 Å². The Kier molecular flexibility index (Phi) is 6.77. The molecule has 6 rings (SSSR count). The fourth-order valence-corrected chi connectivity index (χ4v) is 4.49. The molecule has 0 saturated carbocycles. The highest BCUT2D eigenvalue weighted by atomic mass is 35.5. The summed E-state index contributed by atoms with van der Waals surface area (Å²) in [6, 6.07) is 7.86. The summed E-state index contributed by atoms with van der Waals surface area (Å²) in [7, 11) is 0. The first-order valence-electron chi connectivity index (χ1n) is 11.7. The van der Waals surface area contributed by atoms with Crippen molar-refractivity contribution in [3.8, 4) is 28.1 Å². The normalized spacial score (nSPS) is 12.3. The molecule has 0 bridgehead atoms. The van der Waals surface area contributed by atoms with Gasteiger partial charge in [0.25, 0.3) is 0 Å². The Morgan fingerprint density at radius 1 is 1.00 bits per heavy atom. The van der Waals surface area contributed by atoms with Crippen LogP contribution in [-0.2, 0) is 6.54 Å². The number of hydrogen-bond donors (Lipinski definition) is 1. The zero-order chi connectivity index (χ0) is 27.8. The maximum absolute atomic E-state index is 15.3. The topological polar surface area (TPSA) is 112 Å². The molecule has 202 valence electrons. The van der Waals surface area contributed by atoms with Crippen LogP contribution in [0.25, 0.3) is 28.1 Å². The van der Waals surface area contributed by atoms with Crippen LogP contribution in [-0.4, -0.2) is 49.9 Å². The van der Waals surface area contributed by atoms with E-state index in [2.05, 4.69) is 35.7 Å². The van der Waals surface area contributed by atoms with E-state index in [1.807, 2.05) is 0 Å². The summed E-state index contributed by atoms with van der Waals surface area (Å²) in [6.07, 6.45) is 10.9. The van der Waals surface area contributed by atoms with Crippen molar-refractivity contribution in [2.45, 2.75) is 19.1 Å². The summed E-state index contributed by atoms with van der Waals surface area (Å²) in [4.78, 5) is 4.95. The van der Waals surface area contributed by atoms with E-state index in [9.17, 15) is 8.78 Å². The monoisotopic (exact) mass is 586 g/mol. The number of nitrogens with one attached hydrogen (secondary N) is 1. The average molecular weight is 587 g/mol. The van der Waals surface area contributed by atoms with Crippen molar-refractivity contribution in [2.75, 3.05) is 0 Å². The molecule has 0 aliphatic carbocycles. The van der Waals surface area contributed by atoms with Gasteiger partial charge in [0.1, 0.15) is 11.7 Å². The summed E-state index contributed by atoms with van der Waals surface area (Å²) >= 11 is 12.1. The second-order valence-corrected chi connectivity index (χ2v) is 9.34. The van der Waals surface area contributed by atoms with Crippen LogP contribution in [0, 0.1) is 5.82 Å². The molecule has 0 fully saturated rings. The van der Waals surface area contributed by atoms with Gasteiger partial charge < -0.3 is 0 Å². The number of aromatic nitrogens is 11. The Balaban J connectivity index is 1.37. The first-order chi connectivity index (χ1) is 19.4. The van der Waals surface area contributed by atoms with Gasteiger partial charge in [0.2, 0.25) is 0 Å². The smallest absolute Gasteiger partial charge is 0.270 e. The van der Waals surface area contributed by atoms with Crippen LogP contribution in [0.2, 0.25) is 10.2 Å². The van der Waals surface area contributed by atoms with Crippen molar-refractivity contribution < 1.29 is 17.9 Å². The van der Waals surface area contributed by atoms with Gasteiger partial charge in [-0.25, -0.2) is 4.39 Å². The molecule has 0 aliphatic heterocycles. The lowest BCUT2D eigenvalue weighted by molar-refractivity contribution is -0.659. The SMILES string of the molecule is Fc1c(Cl)ccc(-[n+]2cc(Cl)n[nH]2)c1-c1ccc([C@@H](Cn2cccn2)n2cc(-c3cnn(C(F)F)n3)cn2)nc1. The van der Waals surface area contributed by atoms with Gasteiger partial charge in [0.05, 0.1) is 40.3 Å². The van der Waals surface area contributed by atoms with E-state index in [4.69, 9.17) is 23.2 Å². The van der Waals surface area contributed by atoms with Gasteiger partial charge in [-0.15, -0.1) is 14.6 Å². The summed E-state index contributed by atoms with van der Waals surface area (Å²) in [6.45, 7) is -2.50. The second kappa shape index (κ2) is 10.5. The maximum atomic E-state index is 15.3. The van der Waals surface area contributed by atoms with E-state index in [1.165, 1.54) is 35.5 Å². The number of alkyl halides is 2. The molecule has 0 spiro atoms. The number of rotatable bonds is 8. The molecule has 11 nitrogen and oxygen atoms in total. The number of benzene rings is 1. The van der Waals surface area contributed by atoms with E-state index < -0.39 is 18.4 Å². The first-order valence-corrected chi connectivity index (χ1v) is 12.4. The summed E-state index contributed by atoms with van der Waals surface area (Å²) in [5, 5.41) is 22.8. The number of aromatic amines is 1. The van der Waals surface area contributed by atoms with Gasteiger partial charge in [0, 0.05) is 35.9 Å². The third kappa shape index (κ3) is 4.94. The van der Waals surface area contributed by atoms with E-state index >= 15 is 4.39 Å². The number of halogens is 5. The molecule has 0 saturated heterocycles. The Morgan fingerprint density at radius 2 is 1.88 bits per heavy atom. The van der Waals surface area contributed by atoms with Gasteiger partial charge in [-0.05, 0) is 35.9 Å². The molecule has 16 heteroatoms. The molecule has 1 aromatic carbocycles. The number of pyridine rings is 1. The minimum absolute atomic E-state index is 0.0570. The van der Waals surface area contributed by atoms with Crippen LogP contribution in [0.4, 0.5) is 13.2 Å². The van der Waals surface area contributed by atoms with Gasteiger partial charge in [0.15, 0.2) is 17.7 Å². The third-order valence-electron chi connectivity index (χ3n) is 6.07. The molecule has 1 N–H and O–H groups in total. The number of hydrogen-bond acceptors (Lipinski definition) is 6. The first kappa shape index (κ1) is 25.7. The Hall–Kier alpha value is -4.56. The van der Waals surface area contributed by atoms with E-state index in [0.29, 0.717) is 33.8 Å². The molecular weight excluding hydrogens is 570 g/mol. The molecule has 6 aromatic rings. The molecule has 0 amide bonds. The Morgan fingerprint density at radius 3 is 2.55 bits per heavy atom. The van der Waals surface area contributed by atoms with Gasteiger partial charge >= 0.3 is 11.7 Å². The fourth-order valence-electron chi connectivity index (χ4n) is 4.20. The quantitative estimate of drug-likeness (QED) is 0.262. The predicted molar refractivity (Wildman–Crippen MR) is 136 cm³/mol. The highest BCUT2D eigenvalue weighted by molar-refractivity contribution is 6.31. The molecule has 0 unspecified atom stereocenters. The van der Waals surface area contributed by atoms with E-state index in [0.717, 1.165) is 0 Å². The van der Waals surface area contributed by atoms with E-state index in [-0.39, 0.29) is 21.4 Å². The van der Waals surface area contributed by atoms with Crippen molar-refractivity contribution >= 4 is 23.2 Å². The largest absolute Gasteiger partial charge is 0.348 e. The van der Waals surface area contributed by atoms with Crippen molar-refractivity contribution in [1.29, 1.82) is 0 Å². The van der Waals surface area contributed by atoms with Gasteiger partial charge in [-0.2, -0.15) is 24.1 Å². The lowest BCUT2D eigenvalue weighted by Crippen LogP contribution is -2.33. The fraction of sp³-hybridized carbons (Fsp3) is 0.125. The van der Waals surface area contributed by atoms with Crippen LogP contribution in [0.5, 0.6) is 0 Å². The van der Waals surface area contributed by atoms with E-state index in [1.54, 1.807) is 52.2 Å². The zero-order valence-corrected chi connectivity index (χ0v) is 21.7. The zero-order valence-electron chi connectivity index (χ0n) is 20.2. The standard InChI is InChI=1S/C24H16Cl2F3N11/c25-16-3-5-19(39-13-21(26)34-36-39)22(23(16)27)14-2-4-17(30-8-14)20(12-37-7-1-6-31-37)38-11-15(9-32-38)18-10-33-40(35-18)24(28)29/h1-11,13,20,24H,12H2/p+1/t20-/m1/s1. The number of H-pyrrole nitrogens is 1. The van der Waals surface area contributed by atoms with Crippen LogP contribution < -0.4 is 4.68 Å². The molecule has 1 atom stereocenters. The average Bonchev–Trinajstić information content (AvgIpc) is 3.76. The maximum Gasteiger partial charge on any atom is 0.348 e. The molecular formula is C24H17Cl2F3N11+. The minimum atomic E-state index is -2.85. The lowest BCUT2D eigenvalue weighted by Gasteiger charge is -2.18. The van der Waals surface area contributed by atoms with Crippen molar-refractivity contribution in [2.24, 2.45) is 0 Å². The van der Waals surface area contributed by atoms with Crippen molar-refractivity contribution in [3.05, 3.63) is 95.4 Å². The highest BCUT2D eigenvalue weighted by Gasteiger charge is 2.23. The molecule has 0 aliphatic rings. The molecule has 0 radical (unpaired) electrons. The predicted octanol–water partition coefficient (Wildman–Crippen LogP) is 4.53. The number of nitrogens with zero attached hydrogens (tertiary/aromatic N) is 10. The summed E-state index contributed by atoms with van der Waals surface area (Å²) in [5.74, 6) is -0.631. The minimum Gasteiger partial charge on any atom is -0.270 e. The highest BCUT2D eigenvalue weighted by Crippen LogP contribution is 2.32. The van der Waals surface area contributed by atoms with Crippen LogP contribution in [0.1, 0.15) is 18.3 Å². The van der Waals surface area contributed by atoms with Crippen molar-refractivity contribution in [1.82, 2.24) is 49.9 Å². The third-order valence-corrected chi connectivity index (χ3v) is 6.54. The lowest BCUT2D eigenvalue weighted by atomic mass is 10.0.